The molecule has 6 nitrogen and oxygen atoms in total. The topological polar surface area (TPSA) is 95.9 Å². The number of hydrogen-bond acceptors (Lipinski definition) is 5. The van der Waals surface area contributed by atoms with Crippen LogP contribution in [0.2, 0.25) is 0 Å². The van der Waals surface area contributed by atoms with Gasteiger partial charge in [-0.15, -0.1) is 0 Å². The second kappa shape index (κ2) is 65.9. The van der Waals surface area contributed by atoms with Gasteiger partial charge in [0.15, 0.2) is 0 Å². The molecule has 0 heterocycles. The van der Waals surface area contributed by atoms with Gasteiger partial charge in [0.05, 0.1) is 25.4 Å². The number of allylic oxidation sites excluding steroid dienone is 4. The van der Waals surface area contributed by atoms with E-state index in [1.54, 1.807) is 0 Å². The van der Waals surface area contributed by atoms with E-state index in [1.807, 2.05) is 0 Å². The highest BCUT2D eigenvalue weighted by molar-refractivity contribution is 5.76. The van der Waals surface area contributed by atoms with Crippen LogP contribution >= 0.6 is 0 Å². The van der Waals surface area contributed by atoms with Gasteiger partial charge in [-0.05, 0) is 77.0 Å². The average molecular weight is 1070 g/mol. The summed E-state index contributed by atoms with van der Waals surface area (Å²) < 4.78 is 5.50. The first-order chi connectivity index (χ1) is 37.5. The van der Waals surface area contributed by atoms with E-state index in [2.05, 4.69) is 43.5 Å². The number of ether oxygens (including phenoxy) is 1. The van der Waals surface area contributed by atoms with Crippen molar-refractivity contribution >= 4 is 11.9 Å². The molecular formula is C70H135NO5. The zero-order valence-corrected chi connectivity index (χ0v) is 51.5. The number of esters is 1. The maximum atomic E-state index is 12.5. The van der Waals surface area contributed by atoms with Gasteiger partial charge in [-0.3, -0.25) is 9.59 Å². The highest BCUT2D eigenvalue weighted by Gasteiger charge is 2.20. The molecule has 0 rings (SSSR count). The molecule has 1 amide bonds. The Kier molecular flexibility index (Phi) is 64.4. The summed E-state index contributed by atoms with van der Waals surface area (Å²) in [6, 6.07) is -0.548. The number of aliphatic hydroxyl groups is 2. The zero-order chi connectivity index (χ0) is 55.0. The lowest BCUT2D eigenvalue weighted by atomic mass is 10.0. The summed E-state index contributed by atoms with van der Waals surface area (Å²) in [7, 11) is 0. The van der Waals surface area contributed by atoms with Crippen molar-refractivity contribution in [1.82, 2.24) is 5.32 Å². The molecule has 3 N–H and O–H groups in total. The van der Waals surface area contributed by atoms with Crippen molar-refractivity contribution in [3.63, 3.8) is 0 Å². The molecule has 0 radical (unpaired) electrons. The van der Waals surface area contributed by atoms with Crippen molar-refractivity contribution in [3.8, 4) is 0 Å². The van der Waals surface area contributed by atoms with Crippen LogP contribution in [-0.2, 0) is 14.3 Å². The Morgan fingerprint density at radius 1 is 0.355 bits per heavy atom. The molecule has 0 saturated heterocycles. The van der Waals surface area contributed by atoms with Gasteiger partial charge in [0.2, 0.25) is 5.91 Å². The molecule has 0 spiro atoms. The summed E-state index contributed by atoms with van der Waals surface area (Å²) in [4.78, 5) is 24.6. The third-order valence-corrected chi connectivity index (χ3v) is 16.2. The third kappa shape index (κ3) is 61.6. The summed E-state index contributed by atoms with van der Waals surface area (Å²) in [5.41, 5.74) is 0. The van der Waals surface area contributed by atoms with Crippen molar-refractivity contribution in [1.29, 1.82) is 0 Å². The van der Waals surface area contributed by atoms with Gasteiger partial charge in [0.1, 0.15) is 0 Å². The molecule has 0 aromatic rings. The smallest absolute Gasteiger partial charge is 0.305 e. The molecule has 0 aromatic carbocycles. The lowest BCUT2D eigenvalue weighted by molar-refractivity contribution is -0.143. The van der Waals surface area contributed by atoms with E-state index in [-0.39, 0.29) is 18.5 Å². The number of hydrogen-bond donors (Lipinski definition) is 3. The third-order valence-electron chi connectivity index (χ3n) is 16.2. The Hall–Kier alpha value is -1.66. The summed E-state index contributed by atoms with van der Waals surface area (Å²) >= 11 is 0. The van der Waals surface area contributed by atoms with Gasteiger partial charge in [-0.2, -0.15) is 0 Å². The second-order valence-corrected chi connectivity index (χ2v) is 23.9. The van der Waals surface area contributed by atoms with E-state index >= 15 is 0 Å². The van der Waals surface area contributed by atoms with Crippen LogP contribution in [0.3, 0.4) is 0 Å². The maximum absolute atomic E-state index is 12.5. The minimum absolute atomic E-state index is 0.00873. The van der Waals surface area contributed by atoms with Crippen LogP contribution in [-0.4, -0.2) is 47.4 Å². The second-order valence-electron chi connectivity index (χ2n) is 23.9. The van der Waals surface area contributed by atoms with Crippen LogP contribution in [0.15, 0.2) is 24.3 Å². The molecule has 0 aliphatic heterocycles. The molecule has 2 unspecified atom stereocenters. The van der Waals surface area contributed by atoms with Gasteiger partial charge in [-0.25, -0.2) is 0 Å². The first kappa shape index (κ1) is 74.3. The van der Waals surface area contributed by atoms with Crippen LogP contribution in [0.5, 0.6) is 0 Å². The number of carbonyl (C=O) groups is 2. The molecule has 0 aliphatic rings. The fourth-order valence-electron chi connectivity index (χ4n) is 10.9. The molecule has 76 heavy (non-hydrogen) atoms. The highest BCUT2D eigenvalue weighted by atomic mass is 16.5. The van der Waals surface area contributed by atoms with Crippen molar-refractivity contribution in [2.75, 3.05) is 13.2 Å². The molecule has 0 saturated carbocycles. The van der Waals surface area contributed by atoms with Crippen LogP contribution in [0, 0.1) is 0 Å². The van der Waals surface area contributed by atoms with Gasteiger partial charge in [0, 0.05) is 12.8 Å². The molecule has 0 bridgehead atoms. The van der Waals surface area contributed by atoms with Crippen LogP contribution in [0.1, 0.15) is 386 Å². The quantitative estimate of drug-likeness (QED) is 0.0320. The molecule has 6 heteroatoms. The van der Waals surface area contributed by atoms with E-state index in [9.17, 15) is 19.8 Å². The molecule has 0 aliphatic carbocycles. The van der Waals surface area contributed by atoms with E-state index in [4.69, 9.17) is 4.74 Å². The number of unbranched alkanes of at least 4 members (excludes halogenated alkanes) is 50. The first-order valence-corrected chi connectivity index (χ1v) is 34.6. The number of amides is 1. The Bertz CT molecular complexity index is 1190. The predicted molar refractivity (Wildman–Crippen MR) is 333 cm³/mol. The van der Waals surface area contributed by atoms with Crippen LogP contribution < -0.4 is 5.32 Å². The van der Waals surface area contributed by atoms with Crippen molar-refractivity contribution < 1.29 is 24.5 Å². The van der Waals surface area contributed by atoms with E-state index in [1.165, 1.54) is 308 Å². The van der Waals surface area contributed by atoms with Gasteiger partial charge >= 0.3 is 5.97 Å². The Morgan fingerprint density at radius 3 is 0.934 bits per heavy atom. The standard InChI is InChI=1S/C70H135NO5/c1-3-5-7-9-11-13-15-17-19-21-26-30-34-38-42-46-50-54-58-62-68(73)67(66-72)71-69(74)63-59-55-51-47-43-39-35-31-28-24-23-25-29-33-37-41-45-49-53-57-61-65-76-70(75)64-60-56-52-48-44-40-36-32-27-22-20-18-16-14-12-10-8-6-4-2/h18,20,24,28,67-68,72-73H,3-17,19,21-23,25-27,29-66H2,1-2H3,(H,71,74)/b20-18-,28-24-. The summed E-state index contributed by atoms with van der Waals surface area (Å²) in [6.07, 6.45) is 82.1. The molecular weight excluding hydrogens is 935 g/mol. The maximum Gasteiger partial charge on any atom is 0.305 e. The summed E-state index contributed by atoms with van der Waals surface area (Å²) in [5.74, 6) is -0.0304. The zero-order valence-electron chi connectivity index (χ0n) is 51.5. The minimum Gasteiger partial charge on any atom is -0.466 e. The normalized spacial score (nSPS) is 12.6. The fraction of sp³-hybridized carbons (Fsp3) is 0.914. The lowest BCUT2D eigenvalue weighted by Gasteiger charge is -2.22. The number of rotatable bonds is 65. The van der Waals surface area contributed by atoms with Crippen LogP contribution in [0.4, 0.5) is 0 Å². The van der Waals surface area contributed by atoms with Crippen molar-refractivity contribution in [2.45, 2.75) is 398 Å². The Labute approximate surface area is 475 Å². The SMILES string of the molecule is CCCCCCCC/C=C\CCCCCCCCCCCC(=O)OCCCCCCCCCCCC/C=C\CCCCCCCCCC(=O)NC(CO)C(O)CCCCCCCCCCCCCCCCCCCCC. The molecule has 2 atom stereocenters. The highest BCUT2D eigenvalue weighted by Crippen LogP contribution is 2.18. The molecule has 0 fully saturated rings. The summed E-state index contributed by atoms with van der Waals surface area (Å²) in [5, 5.41) is 23.4. The molecule has 0 aromatic heterocycles. The number of carbonyl (C=O) groups excluding carboxylic acids is 2. The predicted octanol–water partition coefficient (Wildman–Crippen LogP) is 22.1. The van der Waals surface area contributed by atoms with Gasteiger partial charge < -0.3 is 20.3 Å². The van der Waals surface area contributed by atoms with Crippen LogP contribution in [0.25, 0.3) is 0 Å². The first-order valence-electron chi connectivity index (χ1n) is 34.6. The fourth-order valence-corrected chi connectivity index (χ4v) is 10.9. The van der Waals surface area contributed by atoms with Gasteiger partial charge in [-0.1, -0.05) is 321 Å². The Balaban J connectivity index is 3.40. The summed E-state index contributed by atoms with van der Waals surface area (Å²) in [6.45, 7) is 4.98. The van der Waals surface area contributed by atoms with E-state index < -0.39 is 12.1 Å². The Morgan fingerprint density at radius 2 is 0.618 bits per heavy atom. The average Bonchev–Trinajstić information content (AvgIpc) is 3.42. The lowest BCUT2D eigenvalue weighted by Crippen LogP contribution is -2.45. The van der Waals surface area contributed by atoms with Gasteiger partial charge in [0.25, 0.3) is 0 Å². The largest absolute Gasteiger partial charge is 0.466 e. The van der Waals surface area contributed by atoms with E-state index in [0.29, 0.717) is 25.9 Å². The molecule has 450 valence electrons. The minimum atomic E-state index is -0.670. The number of nitrogens with one attached hydrogen (secondary N) is 1. The van der Waals surface area contributed by atoms with E-state index in [0.717, 1.165) is 44.9 Å². The van der Waals surface area contributed by atoms with Crippen molar-refractivity contribution in [3.05, 3.63) is 24.3 Å². The van der Waals surface area contributed by atoms with Crippen molar-refractivity contribution in [2.24, 2.45) is 0 Å². The monoisotopic (exact) mass is 1070 g/mol. The number of aliphatic hydroxyl groups excluding tert-OH is 2.